The van der Waals surface area contributed by atoms with Crippen LogP contribution in [-0.2, 0) is 5.75 Å². The van der Waals surface area contributed by atoms with Crippen LogP contribution in [0.5, 0.6) is 0 Å². The molecule has 3 N–H and O–H groups in total. The molecule has 0 bridgehead atoms. The smallest absolute Gasteiger partial charge is 0.293 e. The molecule has 0 radical (unpaired) electrons. The molecule has 2 heterocycles. The zero-order valence-electron chi connectivity index (χ0n) is 17.4. The van der Waals surface area contributed by atoms with Gasteiger partial charge in [-0.1, -0.05) is 52.7 Å². The highest BCUT2D eigenvalue weighted by Gasteiger charge is 2.24. The van der Waals surface area contributed by atoms with Crippen LogP contribution in [0.4, 0.5) is 5.82 Å². The third-order valence-corrected chi connectivity index (χ3v) is 5.55. The zero-order valence-corrected chi connectivity index (χ0v) is 18.2. The van der Waals surface area contributed by atoms with Gasteiger partial charge in [0.05, 0.1) is 11.9 Å². The van der Waals surface area contributed by atoms with E-state index in [1.807, 2.05) is 62.4 Å². The molecule has 0 aliphatic carbocycles. The Morgan fingerprint density at radius 1 is 1.12 bits per heavy atom. The average molecular weight is 449 g/mol. The lowest BCUT2D eigenvalue weighted by molar-refractivity contribution is 0.0949. The number of aromatic nitrogens is 5. The Bertz CT molecular complexity index is 1250. The Balaban J connectivity index is 1.56. The summed E-state index contributed by atoms with van der Waals surface area (Å²) in [5, 5.41) is 19.4. The number of aryl methyl sites for hydroxylation is 2. The molecule has 0 saturated heterocycles. The van der Waals surface area contributed by atoms with E-state index in [2.05, 4.69) is 35.8 Å². The van der Waals surface area contributed by atoms with E-state index >= 15 is 0 Å². The van der Waals surface area contributed by atoms with Crippen LogP contribution in [0.3, 0.4) is 0 Å². The van der Waals surface area contributed by atoms with Crippen molar-refractivity contribution in [1.29, 1.82) is 0 Å². The Morgan fingerprint density at radius 3 is 2.47 bits per heavy atom. The lowest BCUT2D eigenvalue weighted by Crippen LogP contribution is -2.20. The number of hydrogen-bond acceptors (Lipinski definition) is 9. The van der Waals surface area contributed by atoms with Gasteiger partial charge >= 0.3 is 0 Å². The minimum atomic E-state index is -0.505. The van der Waals surface area contributed by atoms with Gasteiger partial charge in [0.2, 0.25) is 11.6 Å². The number of nitrogens with one attached hydrogen (secondary N) is 1. The third-order valence-electron chi connectivity index (χ3n) is 4.53. The van der Waals surface area contributed by atoms with Crippen LogP contribution in [0.1, 0.15) is 32.9 Å². The zero-order chi connectivity index (χ0) is 22.5. The first-order valence-electron chi connectivity index (χ1n) is 9.64. The molecule has 0 fully saturated rings. The SMILES string of the molecule is Cc1ccc(/C=N\NC(=O)c2nnn(-c3nonc3N)c2CSc2ccc(C)cc2)cc1. The largest absolute Gasteiger partial charge is 0.378 e. The Labute approximate surface area is 187 Å². The molecule has 11 heteroatoms. The summed E-state index contributed by atoms with van der Waals surface area (Å²) in [5.74, 6) is 0.0847. The van der Waals surface area contributed by atoms with E-state index in [0.29, 0.717) is 11.4 Å². The molecule has 1 amide bonds. The number of carbonyl (C=O) groups excluding carboxylic acids is 1. The van der Waals surface area contributed by atoms with Gasteiger partial charge < -0.3 is 5.73 Å². The summed E-state index contributed by atoms with van der Waals surface area (Å²) in [7, 11) is 0. The van der Waals surface area contributed by atoms with Crippen molar-refractivity contribution in [2.24, 2.45) is 5.10 Å². The maximum absolute atomic E-state index is 12.8. The number of thioether (sulfide) groups is 1. The van der Waals surface area contributed by atoms with E-state index < -0.39 is 5.91 Å². The predicted molar refractivity (Wildman–Crippen MR) is 121 cm³/mol. The van der Waals surface area contributed by atoms with E-state index in [9.17, 15) is 4.79 Å². The first-order valence-corrected chi connectivity index (χ1v) is 10.6. The molecule has 32 heavy (non-hydrogen) atoms. The summed E-state index contributed by atoms with van der Waals surface area (Å²) in [6.45, 7) is 4.02. The minimum absolute atomic E-state index is 0.0424. The quantitative estimate of drug-likeness (QED) is 0.250. The van der Waals surface area contributed by atoms with E-state index in [1.165, 1.54) is 16.4 Å². The number of benzene rings is 2. The number of amides is 1. The van der Waals surface area contributed by atoms with Crippen LogP contribution >= 0.6 is 11.8 Å². The first-order chi connectivity index (χ1) is 15.5. The normalized spacial score (nSPS) is 11.2. The Hall–Kier alpha value is -3.99. The van der Waals surface area contributed by atoms with Crippen molar-refractivity contribution < 1.29 is 9.42 Å². The average Bonchev–Trinajstić information content (AvgIpc) is 3.40. The van der Waals surface area contributed by atoms with Crippen molar-refractivity contribution in [3.8, 4) is 5.82 Å². The maximum atomic E-state index is 12.8. The van der Waals surface area contributed by atoms with Gasteiger partial charge in [-0.3, -0.25) is 4.79 Å². The van der Waals surface area contributed by atoms with Gasteiger partial charge in [-0.25, -0.2) is 10.1 Å². The fourth-order valence-electron chi connectivity index (χ4n) is 2.77. The third kappa shape index (κ3) is 4.83. The fourth-order valence-corrected chi connectivity index (χ4v) is 3.66. The van der Waals surface area contributed by atoms with Crippen LogP contribution in [0, 0.1) is 13.8 Å². The van der Waals surface area contributed by atoms with Crippen LogP contribution < -0.4 is 11.2 Å². The van der Waals surface area contributed by atoms with Gasteiger partial charge in [-0.2, -0.15) is 9.78 Å². The number of hydrazone groups is 1. The molecule has 0 spiro atoms. The number of nitrogen functional groups attached to an aromatic ring is 1. The number of nitrogens with zero attached hydrogens (tertiary/aromatic N) is 6. The van der Waals surface area contributed by atoms with Crippen LogP contribution in [-0.4, -0.2) is 37.4 Å². The van der Waals surface area contributed by atoms with Crippen molar-refractivity contribution in [3.63, 3.8) is 0 Å². The lowest BCUT2D eigenvalue weighted by atomic mass is 10.2. The van der Waals surface area contributed by atoms with Crippen molar-refractivity contribution in [3.05, 3.63) is 76.6 Å². The van der Waals surface area contributed by atoms with Gasteiger partial charge in [0, 0.05) is 10.6 Å². The highest BCUT2D eigenvalue weighted by atomic mass is 32.2. The number of hydrogen-bond donors (Lipinski definition) is 2. The summed E-state index contributed by atoms with van der Waals surface area (Å²) in [4.78, 5) is 13.8. The fraction of sp³-hybridized carbons (Fsp3) is 0.143. The molecule has 0 aliphatic rings. The highest BCUT2D eigenvalue weighted by Crippen LogP contribution is 2.26. The molecular formula is C21H20N8O2S. The molecule has 10 nitrogen and oxygen atoms in total. The topological polar surface area (TPSA) is 137 Å². The summed E-state index contributed by atoms with van der Waals surface area (Å²) in [6.07, 6.45) is 1.56. The summed E-state index contributed by atoms with van der Waals surface area (Å²) >= 11 is 1.52. The molecular weight excluding hydrogens is 428 g/mol. The second-order valence-electron chi connectivity index (χ2n) is 6.98. The number of carbonyl (C=O) groups is 1. The molecule has 162 valence electrons. The highest BCUT2D eigenvalue weighted by molar-refractivity contribution is 7.98. The van der Waals surface area contributed by atoms with Crippen molar-refractivity contribution in [2.75, 3.05) is 5.73 Å². The lowest BCUT2D eigenvalue weighted by Gasteiger charge is -2.06. The second kappa shape index (κ2) is 9.43. The second-order valence-corrected chi connectivity index (χ2v) is 8.03. The van der Waals surface area contributed by atoms with Crippen molar-refractivity contribution in [2.45, 2.75) is 24.5 Å². The number of nitrogens with two attached hydrogens (primary N) is 1. The van der Waals surface area contributed by atoms with Crippen LogP contribution in [0.25, 0.3) is 5.82 Å². The number of rotatable bonds is 7. The van der Waals surface area contributed by atoms with Gasteiger partial charge in [-0.05, 0) is 41.9 Å². The van der Waals surface area contributed by atoms with Gasteiger partial charge in [0.1, 0.15) is 0 Å². The maximum Gasteiger partial charge on any atom is 0.293 e. The predicted octanol–water partition coefficient (Wildman–Crippen LogP) is 2.91. The number of anilines is 1. The molecule has 0 saturated carbocycles. The van der Waals surface area contributed by atoms with E-state index in [4.69, 9.17) is 5.73 Å². The Morgan fingerprint density at radius 2 is 1.81 bits per heavy atom. The van der Waals surface area contributed by atoms with Gasteiger partial charge in [0.25, 0.3) is 5.91 Å². The van der Waals surface area contributed by atoms with Crippen molar-refractivity contribution >= 4 is 29.7 Å². The molecule has 0 aliphatic heterocycles. The Kier molecular flexibility index (Phi) is 6.26. The molecule has 2 aromatic carbocycles. The van der Waals surface area contributed by atoms with E-state index in [1.54, 1.807) is 6.21 Å². The molecule has 0 atom stereocenters. The summed E-state index contributed by atoms with van der Waals surface area (Å²) in [5.41, 5.74) is 12.1. The van der Waals surface area contributed by atoms with Crippen LogP contribution in [0.2, 0.25) is 0 Å². The summed E-state index contributed by atoms with van der Waals surface area (Å²) in [6, 6.07) is 15.8. The van der Waals surface area contributed by atoms with Gasteiger partial charge in [-0.15, -0.1) is 16.9 Å². The molecule has 4 aromatic rings. The first kappa shape index (κ1) is 21.2. The van der Waals surface area contributed by atoms with Crippen molar-refractivity contribution in [1.82, 2.24) is 30.7 Å². The standard InChI is InChI=1S/C21H20N8O2S/c1-13-3-7-15(8-4-13)11-23-25-21(30)18-17(12-32-16-9-5-14(2)6-10-16)29(28-24-18)20-19(22)26-31-27-20/h3-11H,12H2,1-2H3,(H2,22,26)(H,25,30)/b23-11-. The van der Waals surface area contributed by atoms with E-state index in [0.717, 1.165) is 21.6 Å². The molecule has 2 aromatic heterocycles. The molecule has 0 unspecified atom stereocenters. The monoisotopic (exact) mass is 448 g/mol. The molecule has 4 rings (SSSR count). The minimum Gasteiger partial charge on any atom is -0.378 e. The van der Waals surface area contributed by atoms with Crippen LogP contribution in [0.15, 0.2) is 63.2 Å². The van der Waals surface area contributed by atoms with Gasteiger partial charge in [0.15, 0.2) is 5.69 Å². The summed E-state index contributed by atoms with van der Waals surface area (Å²) < 4.78 is 6.03. The van der Waals surface area contributed by atoms with E-state index in [-0.39, 0.29) is 17.3 Å².